The molecule has 1 heterocycles. The van der Waals surface area contributed by atoms with Crippen molar-refractivity contribution in [3.05, 3.63) is 29.6 Å². The van der Waals surface area contributed by atoms with Crippen molar-refractivity contribution < 1.29 is 17.5 Å². The summed E-state index contributed by atoms with van der Waals surface area (Å²) in [6.45, 7) is 5.84. The Morgan fingerprint density at radius 3 is 2.90 bits per heavy atom. The van der Waals surface area contributed by atoms with E-state index >= 15 is 0 Å². The third-order valence-corrected chi connectivity index (χ3v) is 5.58. The number of nitrogens with zero attached hydrogens (tertiary/aromatic N) is 1. The minimum atomic E-state index is -3.72. The molecule has 0 radical (unpaired) electrons. The molecule has 21 heavy (non-hydrogen) atoms. The van der Waals surface area contributed by atoms with Gasteiger partial charge in [0.1, 0.15) is 5.82 Å². The van der Waals surface area contributed by atoms with Crippen molar-refractivity contribution in [2.75, 3.05) is 26.3 Å². The highest BCUT2D eigenvalue weighted by Crippen LogP contribution is 2.24. The third kappa shape index (κ3) is 3.60. The molecule has 0 bridgehead atoms. The Bertz CT molecular complexity index is 592. The molecule has 1 fully saturated rings. The predicted octanol–water partition coefficient (Wildman–Crippen LogP) is 1.34. The molecular formula is C14H21FN2O3S. The zero-order valence-corrected chi connectivity index (χ0v) is 13.1. The molecule has 5 nitrogen and oxygen atoms in total. The van der Waals surface area contributed by atoms with Gasteiger partial charge in [-0.05, 0) is 31.2 Å². The van der Waals surface area contributed by atoms with Crippen molar-refractivity contribution in [2.45, 2.75) is 31.3 Å². The van der Waals surface area contributed by atoms with Gasteiger partial charge in [0.2, 0.25) is 10.0 Å². The van der Waals surface area contributed by atoms with Crippen LogP contribution in [0.15, 0.2) is 23.1 Å². The first-order chi connectivity index (χ1) is 9.96. The van der Waals surface area contributed by atoms with E-state index in [9.17, 15) is 12.8 Å². The molecule has 1 saturated heterocycles. The number of morpholine rings is 1. The van der Waals surface area contributed by atoms with Crippen LogP contribution in [-0.2, 0) is 21.3 Å². The molecule has 0 aromatic heterocycles. The maximum absolute atomic E-state index is 13.5. The van der Waals surface area contributed by atoms with Crippen LogP contribution in [-0.4, -0.2) is 45.1 Å². The monoisotopic (exact) mass is 316 g/mol. The fourth-order valence-corrected chi connectivity index (χ4v) is 4.20. The lowest BCUT2D eigenvalue weighted by Crippen LogP contribution is -2.47. The number of hydrogen-bond donors (Lipinski definition) is 1. The van der Waals surface area contributed by atoms with Crippen molar-refractivity contribution >= 4 is 10.0 Å². The summed E-state index contributed by atoms with van der Waals surface area (Å²) in [5.74, 6) is -0.547. The van der Waals surface area contributed by atoms with E-state index in [1.165, 1.54) is 16.4 Å². The highest BCUT2D eigenvalue weighted by Gasteiger charge is 2.33. The molecular weight excluding hydrogens is 295 g/mol. The first kappa shape index (κ1) is 16.4. The topological polar surface area (TPSA) is 58.6 Å². The summed E-state index contributed by atoms with van der Waals surface area (Å²) >= 11 is 0. The number of halogens is 1. The van der Waals surface area contributed by atoms with E-state index in [-0.39, 0.29) is 10.9 Å². The standard InChI is InChI=1S/C14H21FN2O3S/c1-3-16-9-12-4-5-13(15)8-14(12)21(18,19)17-6-7-20-10-11(17)2/h4-5,8,11,16H,3,6-7,9-10H2,1-2H3. The van der Waals surface area contributed by atoms with Gasteiger partial charge in [-0.1, -0.05) is 13.0 Å². The predicted molar refractivity (Wildman–Crippen MR) is 78.0 cm³/mol. The SMILES string of the molecule is CCNCc1ccc(F)cc1S(=O)(=O)N1CCOCC1C. The number of nitrogens with one attached hydrogen (secondary N) is 1. The summed E-state index contributed by atoms with van der Waals surface area (Å²) in [6.07, 6.45) is 0. The lowest BCUT2D eigenvalue weighted by Gasteiger charge is -2.32. The van der Waals surface area contributed by atoms with Crippen molar-refractivity contribution in [1.82, 2.24) is 9.62 Å². The second-order valence-electron chi connectivity index (χ2n) is 5.07. The van der Waals surface area contributed by atoms with Gasteiger partial charge in [-0.15, -0.1) is 0 Å². The molecule has 1 unspecified atom stereocenters. The fraction of sp³-hybridized carbons (Fsp3) is 0.571. The van der Waals surface area contributed by atoms with Crippen LogP contribution in [0.4, 0.5) is 4.39 Å². The molecule has 0 saturated carbocycles. The Labute approximate surface area is 125 Å². The van der Waals surface area contributed by atoms with Gasteiger partial charge >= 0.3 is 0 Å². The van der Waals surface area contributed by atoms with Crippen LogP contribution in [0.2, 0.25) is 0 Å². The van der Waals surface area contributed by atoms with E-state index in [1.807, 2.05) is 6.92 Å². The third-order valence-electron chi connectivity index (χ3n) is 3.49. The van der Waals surface area contributed by atoms with Gasteiger partial charge in [-0.25, -0.2) is 12.8 Å². The molecule has 0 spiro atoms. The summed E-state index contributed by atoms with van der Waals surface area (Å²) in [5.41, 5.74) is 0.581. The van der Waals surface area contributed by atoms with Gasteiger partial charge in [0, 0.05) is 19.1 Å². The quantitative estimate of drug-likeness (QED) is 0.891. The molecule has 1 aliphatic rings. The van der Waals surface area contributed by atoms with E-state index in [0.29, 0.717) is 38.4 Å². The van der Waals surface area contributed by atoms with Gasteiger partial charge in [0.25, 0.3) is 0 Å². The van der Waals surface area contributed by atoms with Gasteiger partial charge in [-0.2, -0.15) is 4.31 Å². The van der Waals surface area contributed by atoms with Crippen molar-refractivity contribution in [3.63, 3.8) is 0 Å². The minimum absolute atomic E-state index is 0.0391. The lowest BCUT2D eigenvalue weighted by atomic mass is 10.2. The average Bonchev–Trinajstić information content (AvgIpc) is 2.46. The number of sulfonamides is 1. The largest absolute Gasteiger partial charge is 0.378 e. The summed E-state index contributed by atoms with van der Waals surface area (Å²) in [6, 6.07) is 3.66. The van der Waals surface area contributed by atoms with E-state index in [1.54, 1.807) is 6.92 Å². The number of rotatable bonds is 5. The zero-order valence-electron chi connectivity index (χ0n) is 12.3. The first-order valence-electron chi connectivity index (χ1n) is 7.05. The van der Waals surface area contributed by atoms with Crippen LogP contribution in [0.1, 0.15) is 19.4 Å². The number of benzene rings is 1. The van der Waals surface area contributed by atoms with Crippen LogP contribution >= 0.6 is 0 Å². The van der Waals surface area contributed by atoms with Gasteiger partial charge in [0.15, 0.2) is 0 Å². The first-order valence-corrected chi connectivity index (χ1v) is 8.49. The highest BCUT2D eigenvalue weighted by molar-refractivity contribution is 7.89. The summed E-state index contributed by atoms with van der Waals surface area (Å²) in [5, 5.41) is 3.08. The molecule has 7 heteroatoms. The Morgan fingerprint density at radius 2 is 2.24 bits per heavy atom. The Kier molecular flexibility index (Phi) is 5.32. The molecule has 1 aromatic rings. The molecule has 1 atom stereocenters. The van der Waals surface area contributed by atoms with Crippen molar-refractivity contribution in [2.24, 2.45) is 0 Å². The molecule has 1 aromatic carbocycles. The molecule has 1 N–H and O–H groups in total. The zero-order chi connectivity index (χ0) is 15.5. The second-order valence-corrected chi connectivity index (χ2v) is 6.93. The summed E-state index contributed by atoms with van der Waals surface area (Å²) < 4.78 is 45.8. The van der Waals surface area contributed by atoms with E-state index in [4.69, 9.17) is 4.74 Å². The maximum atomic E-state index is 13.5. The summed E-state index contributed by atoms with van der Waals surface area (Å²) in [7, 11) is -3.72. The molecule has 0 aliphatic carbocycles. The lowest BCUT2D eigenvalue weighted by molar-refractivity contribution is 0.0392. The van der Waals surface area contributed by atoms with Gasteiger partial charge in [-0.3, -0.25) is 0 Å². The van der Waals surface area contributed by atoms with Crippen LogP contribution < -0.4 is 5.32 Å². The molecule has 118 valence electrons. The number of hydrogen-bond acceptors (Lipinski definition) is 4. The maximum Gasteiger partial charge on any atom is 0.243 e. The Hall–Kier alpha value is -1.02. The van der Waals surface area contributed by atoms with Gasteiger partial charge in [0.05, 0.1) is 18.1 Å². The number of ether oxygens (including phenoxy) is 1. The van der Waals surface area contributed by atoms with Crippen LogP contribution in [0.3, 0.4) is 0 Å². The average molecular weight is 316 g/mol. The Morgan fingerprint density at radius 1 is 1.48 bits per heavy atom. The van der Waals surface area contributed by atoms with Crippen molar-refractivity contribution in [3.8, 4) is 0 Å². The van der Waals surface area contributed by atoms with Crippen molar-refractivity contribution in [1.29, 1.82) is 0 Å². The fourth-order valence-electron chi connectivity index (χ4n) is 2.37. The van der Waals surface area contributed by atoms with Crippen LogP contribution in [0.25, 0.3) is 0 Å². The van der Waals surface area contributed by atoms with E-state index in [2.05, 4.69) is 5.32 Å². The van der Waals surface area contributed by atoms with Gasteiger partial charge < -0.3 is 10.1 Å². The molecule has 2 rings (SSSR count). The Balaban J connectivity index is 2.40. The van der Waals surface area contributed by atoms with E-state index in [0.717, 1.165) is 6.07 Å². The normalized spacial score (nSPS) is 20.6. The summed E-state index contributed by atoms with van der Waals surface area (Å²) in [4.78, 5) is 0.0391. The van der Waals surface area contributed by atoms with Crippen LogP contribution in [0, 0.1) is 5.82 Å². The highest BCUT2D eigenvalue weighted by atomic mass is 32.2. The van der Waals surface area contributed by atoms with Crippen LogP contribution in [0.5, 0.6) is 0 Å². The molecule has 0 amide bonds. The minimum Gasteiger partial charge on any atom is -0.378 e. The second kappa shape index (κ2) is 6.83. The smallest absolute Gasteiger partial charge is 0.243 e. The molecule has 1 aliphatic heterocycles. The van der Waals surface area contributed by atoms with E-state index < -0.39 is 15.8 Å².